The molecule has 0 saturated carbocycles. The van der Waals surface area contributed by atoms with E-state index in [0.717, 1.165) is 6.42 Å². The van der Waals surface area contributed by atoms with Gasteiger partial charge < -0.3 is 10.2 Å². The van der Waals surface area contributed by atoms with Crippen LogP contribution in [0.15, 0.2) is 0 Å². The van der Waals surface area contributed by atoms with Crippen LogP contribution in [0.5, 0.6) is 0 Å². The van der Waals surface area contributed by atoms with Crippen LogP contribution in [-0.4, -0.2) is 28.5 Å². The van der Waals surface area contributed by atoms with Gasteiger partial charge in [-0.05, 0) is 13.0 Å². The second kappa shape index (κ2) is 1.97. The average molecular weight is 131 g/mol. The molecule has 1 saturated heterocycles. The predicted molar refractivity (Wildman–Crippen MR) is 29.8 cm³/mol. The molecule has 9 heavy (non-hydrogen) atoms. The minimum Gasteiger partial charge on any atom is -0.478 e. The van der Waals surface area contributed by atoms with E-state index in [0.29, 0.717) is 13.0 Å². The molecule has 1 unspecified atom stereocenters. The number of nitrogens with one attached hydrogen (secondary N) is 1. The zero-order chi connectivity index (χ0) is 6.91. The number of carboxylic acid groups (broad SMARTS) is 1. The van der Waals surface area contributed by atoms with Crippen molar-refractivity contribution in [1.29, 1.82) is 0 Å². The minimum absolute atomic E-state index is 0.308. The molecule has 3 N–H and O–H groups in total. The molecule has 0 aliphatic carbocycles. The summed E-state index contributed by atoms with van der Waals surface area (Å²) in [6.45, 7) is 0.586. The van der Waals surface area contributed by atoms with E-state index in [2.05, 4.69) is 5.32 Å². The van der Waals surface area contributed by atoms with Crippen molar-refractivity contribution in [2.75, 3.05) is 6.54 Å². The highest BCUT2D eigenvalue weighted by Crippen LogP contribution is 2.14. The summed E-state index contributed by atoms with van der Waals surface area (Å²) < 4.78 is 0. The van der Waals surface area contributed by atoms with Crippen molar-refractivity contribution in [3.8, 4) is 0 Å². The minimum atomic E-state index is -1.64. The van der Waals surface area contributed by atoms with Gasteiger partial charge in [-0.25, -0.2) is 4.79 Å². The first kappa shape index (κ1) is 6.51. The molecular formula is C5H9NO3. The van der Waals surface area contributed by atoms with Crippen LogP contribution in [0.3, 0.4) is 0 Å². The van der Waals surface area contributed by atoms with Crippen LogP contribution in [0.25, 0.3) is 0 Å². The quantitative estimate of drug-likeness (QED) is 0.433. The summed E-state index contributed by atoms with van der Waals surface area (Å²) in [5.41, 5.74) is -1.64. The van der Waals surface area contributed by atoms with Crippen LogP contribution in [0, 0.1) is 0 Å². The van der Waals surface area contributed by atoms with Crippen molar-refractivity contribution in [2.24, 2.45) is 0 Å². The maximum absolute atomic E-state index is 10.2. The molecular weight excluding hydrogens is 122 g/mol. The lowest BCUT2D eigenvalue weighted by Crippen LogP contribution is -2.47. The van der Waals surface area contributed by atoms with Gasteiger partial charge >= 0.3 is 5.97 Å². The summed E-state index contributed by atoms with van der Waals surface area (Å²) in [6.07, 6.45) is 1.03. The van der Waals surface area contributed by atoms with Gasteiger partial charge in [-0.3, -0.25) is 5.32 Å². The Bertz CT molecular complexity index is 128. The van der Waals surface area contributed by atoms with E-state index in [1.54, 1.807) is 0 Å². The lowest BCUT2D eigenvalue weighted by Gasteiger charge is -2.15. The Balaban J connectivity index is 2.61. The largest absolute Gasteiger partial charge is 0.478 e. The van der Waals surface area contributed by atoms with Crippen LogP contribution >= 0.6 is 0 Å². The molecule has 1 rings (SSSR count). The van der Waals surface area contributed by atoms with Crippen molar-refractivity contribution in [3.63, 3.8) is 0 Å². The number of hydrogen-bond donors (Lipinski definition) is 3. The van der Waals surface area contributed by atoms with E-state index in [-0.39, 0.29) is 0 Å². The second-order valence-electron chi connectivity index (χ2n) is 2.20. The molecule has 0 aromatic carbocycles. The van der Waals surface area contributed by atoms with E-state index in [1.807, 2.05) is 0 Å². The smallest absolute Gasteiger partial charge is 0.351 e. The van der Waals surface area contributed by atoms with E-state index < -0.39 is 11.7 Å². The van der Waals surface area contributed by atoms with Gasteiger partial charge in [-0.15, -0.1) is 0 Å². The normalized spacial score (nSPS) is 34.8. The molecule has 1 aliphatic heterocycles. The molecule has 0 spiro atoms. The number of aliphatic carboxylic acids is 1. The van der Waals surface area contributed by atoms with Crippen LogP contribution < -0.4 is 5.32 Å². The van der Waals surface area contributed by atoms with Gasteiger partial charge in [0.05, 0.1) is 0 Å². The maximum Gasteiger partial charge on any atom is 0.351 e. The van der Waals surface area contributed by atoms with Gasteiger partial charge in [0.2, 0.25) is 5.72 Å². The van der Waals surface area contributed by atoms with Crippen LogP contribution in [0.4, 0.5) is 0 Å². The summed E-state index contributed by atoms with van der Waals surface area (Å²) in [6, 6.07) is 0. The highest BCUT2D eigenvalue weighted by molar-refractivity contribution is 5.76. The SMILES string of the molecule is O=C(O)C1(O)CCCN1. The number of hydrogen-bond acceptors (Lipinski definition) is 3. The Morgan fingerprint density at radius 3 is 2.56 bits per heavy atom. The van der Waals surface area contributed by atoms with Gasteiger partial charge in [0.15, 0.2) is 0 Å². The summed E-state index contributed by atoms with van der Waals surface area (Å²) >= 11 is 0. The predicted octanol–water partition coefficient (Wildman–Crippen LogP) is -0.857. The Morgan fingerprint density at radius 1 is 1.67 bits per heavy atom. The third kappa shape index (κ3) is 1.04. The first-order valence-corrected chi connectivity index (χ1v) is 2.86. The Hall–Kier alpha value is -0.610. The zero-order valence-electron chi connectivity index (χ0n) is 4.92. The standard InChI is InChI=1S/C5H9NO3/c7-4(8)5(9)2-1-3-6-5/h6,9H,1-3H2,(H,7,8). The van der Waals surface area contributed by atoms with Gasteiger partial charge in [0.25, 0.3) is 0 Å². The molecule has 52 valence electrons. The molecule has 0 radical (unpaired) electrons. The van der Waals surface area contributed by atoms with Crippen LogP contribution in [0.1, 0.15) is 12.8 Å². The fourth-order valence-electron chi connectivity index (χ4n) is 0.910. The number of carbonyl (C=O) groups is 1. The Labute approximate surface area is 52.5 Å². The zero-order valence-corrected chi connectivity index (χ0v) is 4.92. The van der Waals surface area contributed by atoms with Crippen molar-refractivity contribution in [1.82, 2.24) is 5.32 Å². The third-order valence-electron chi connectivity index (χ3n) is 1.49. The molecule has 1 atom stereocenters. The lowest BCUT2D eigenvalue weighted by molar-refractivity contribution is -0.160. The van der Waals surface area contributed by atoms with E-state index in [4.69, 9.17) is 10.2 Å². The summed E-state index contributed by atoms with van der Waals surface area (Å²) in [4.78, 5) is 10.2. The molecule has 1 aliphatic rings. The monoisotopic (exact) mass is 131 g/mol. The highest BCUT2D eigenvalue weighted by atomic mass is 16.4. The summed E-state index contributed by atoms with van der Waals surface area (Å²) in [5, 5.41) is 19.9. The molecule has 4 nitrogen and oxygen atoms in total. The average Bonchev–Trinajstić information content (AvgIpc) is 2.16. The van der Waals surface area contributed by atoms with Gasteiger partial charge in [-0.1, -0.05) is 0 Å². The highest BCUT2D eigenvalue weighted by Gasteiger charge is 2.38. The van der Waals surface area contributed by atoms with E-state index >= 15 is 0 Å². The van der Waals surface area contributed by atoms with E-state index in [9.17, 15) is 4.79 Å². The van der Waals surface area contributed by atoms with Gasteiger partial charge in [0.1, 0.15) is 0 Å². The molecule has 0 aromatic rings. The lowest BCUT2D eigenvalue weighted by atomic mass is 10.2. The van der Waals surface area contributed by atoms with Crippen molar-refractivity contribution < 1.29 is 15.0 Å². The molecule has 4 heteroatoms. The number of rotatable bonds is 1. The fourth-order valence-corrected chi connectivity index (χ4v) is 0.910. The fraction of sp³-hybridized carbons (Fsp3) is 0.800. The Morgan fingerprint density at radius 2 is 2.33 bits per heavy atom. The van der Waals surface area contributed by atoms with Crippen molar-refractivity contribution >= 4 is 5.97 Å². The van der Waals surface area contributed by atoms with Gasteiger partial charge in [-0.2, -0.15) is 0 Å². The molecule has 1 heterocycles. The first-order valence-electron chi connectivity index (χ1n) is 2.86. The van der Waals surface area contributed by atoms with Crippen LogP contribution in [0.2, 0.25) is 0 Å². The number of aliphatic hydroxyl groups is 1. The molecule has 0 bridgehead atoms. The number of carboxylic acids is 1. The molecule has 0 amide bonds. The summed E-state index contributed by atoms with van der Waals surface area (Å²) in [5.74, 6) is -1.18. The maximum atomic E-state index is 10.2. The third-order valence-corrected chi connectivity index (χ3v) is 1.49. The van der Waals surface area contributed by atoms with Crippen molar-refractivity contribution in [3.05, 3.63) is 0 Å². The topological polar surface area (TPSA) is 69.6 Å². The Kier molecular flexibility index (Phi) is 1.42. The van der Waals surface area contributed by atoms with Crippen molar-refractivity contribution in [2.45, 2.75) is 18.6 Å². The summed E-state index contributed by atoms with van der Waals surface area (Å²) in [7, 11) is 0. The van der Waals surface area contributed by atoms with Crippen LogP contribution in [-0.2, 0) is 4.79 Å². The van der Waals surface area contributed by atoms with E-state index in [1.165, 1.54) is 0 Å². The molecule has 0 aromatic heterocycles. The van der Waals surface area contributed by atoms with Gasteiger partial charge in [0, 0.05) is 6.42 Å². The second-order valence-corrected chi connectivity index (χ2v) is 2.20. The first-order chi connectivity index (χ1) is 4.15. The molecule has 1 fully saturated rings.